The highest BCUT2D eigenvalue weighted by Crippen LogP contribution is 2.45. The molecule has 1 aromatic rings. The average molecular weight is 155 g/mol. The molecule has 1 fully saturated rings. The summed E-state index contributed by atoms with van der Waals surface area (Å²) in [6.07, 6.45) is 2.45. The molecule has 0 amide bonds. The molecule has 0 radical (unpaired) electrons. The second-order valence-corrected chi connectivity index (χ2v) is 3.46. The van der Waals surface area contributed by atoms with Crippen LogP contribution in [0.25, 0.3) is 0 Å². The zero-order chi connectivity index (χ0) is 7.19. The van der Waals surface area contributed by atoms with Gasteiger partial charge in [-0.3, -0.25) is 10.2 Å². The van der Waals surface area contributed by atoms with Crippen molar-refractivity contribution in [3.05, 3.63) is 10.6 Å². The molecule has 0 aliphatic heterocycles. The Morgan fingerprint density at radius 2 is 2.20 bits per heavy atom. The van der Waals surface area contributed by atoms with E-state index in [2.05, 4.69) is 22.1 Å². The van der Waals surface area contributed by atoms with Crippen LogP contribution in [0.5, 0.6) is 0 Å². The number of hydrogen-bond donors (Lipinski definition) is 2. The van der Waals surface area contributed by atoms with E-state index < -0.39 is 0 Å². The molecule has 0 saturated heterocycles. The van der Waals surface area contributed by atoms with Gasteiger partial charge in [0.1, 0.15) is 5.82 Å². The fourth-order valence-electron chi connectivity index (χ4n) is 0.980. The van der Waals surface area contributed by atoms with Crippen molar-refractivity contribution in [2.24, 2.45) is 0 Å². The summed E-state index contributed by atoms with van der Waals surface area (Å²) >= 11 is 4.83. The molecule has 1 heterocycles. The smallest absolute Gasteiger partial charge is 0.213 e. The molecule has 0 bridgehead atoms. The first-order valence-electron chi connectivity index (χ1n) is 3.36. The third kappa shape index (κ3) is 0.794. The van der Waals surface area contributed by atoms with Gasteiger partial charge in [-0.1, -0.05) is 6.92 Å². The lowest BCUT2D eigenvalue weighted by Crippen LogP contribution is -2.01. The maximum absolute atomic E-state index is 4.83. The van der Waals surface area contributed by atoms with Crippen LogP contribution in [-0.2, 0) is 5.41 Å². The molecule has 4 heteroatoms. The molecule has 0 aromatic carbocycles. The fraction of sp³-hybridized carbons (Fsp3) is 0.667. The van der Waals surface area contributed by atoms with Crippen LogP contribution < -0.4 is 0 Å². The highest BCUT2D eigenvalue weighted by Gasteiger charge is 2.41. The Morgan fingerprint density at radius 3 is 2.60 bits per heavy atom. The third-order valence-corrected chi connectivity index (χ3v) is 2.27. The summed E-state index contributed by atoms with van der Waals surface area (Å²) in [5.74, 6) is 1.01. The van der Waals surface area contributed by atoms with Gasteiger partial charge in [-0.25, -0.2) is 4.98 Å². The summed E-state index contributed by atoms with van der Waals surface area (Å²) in [5, 5.41) is 5.76. The molecule has 0 atom stereocenters. The number of rotatable bonds is 1. The predicted octanol–water partition coefficient (Wildman–Crippen LogP) is 1.52. The van der Waals surface area contributed by atoms with E-state index >= 15 is 0 Å². The van der Waals surface area contributed by atoms with Crippen LogP contribution in [-0.4, -0.2) is 15.2 Å². The van der Waals surface area contributed by atoms with Crippen LogP contribution in [0.3, 0.4) is 0 Å². The van der Waals surface area contributed by atoms with Crippen LogP contribution in [0, 0.1) is 4.77 Å². The van der Waals surface area contributed by atoms with Crippen LogP contribution in [0.4, 0.5) is 0 Å². The van der Waals surface area contributed by atoms with Gasteiger partial charge in [-0.15, -0.1) is 0 Å². The minimum absolute atomic E-state index is 0.299. The van der Waals surface area contributed by atoms with Crippen LogP contribution in [0.15, 0.2) is 0 Å². The summed E-state index contributed by atoms with van der Waals surface area (Å²) in [5.41, 5.74) is 0.299. The Bertz CT molecular complexity index is 294. The molecule has 0 spiro atoms. The van der Waals surface area contributed by atoms with Crippen LogP contribution in [0.1, 0.15) is 25.6 Å². The Kier molecular flexibility index (Phi) is 1.03. The SMILES string of the molecule is CC1(c2nc(=S)[nH][nH]2)CC1. The average Bonchev–Trinajstić information content (AvgIpc) is 2.45. The summed E-state index contributed by atoms with van der Waals surface area (Å²) in [6.45, 7) is 2.19. The first-order chi connectivity index (χ1) is 4.71. The van der Waals surface area contributed by atoms with Crippen molar-refractivity contribution < 1.29 is 0 Å². The van der Waals surface area contributed by atoms with Crippen molar-refractivity contribution in [3.8, 4) is 0 Å². The first-order valence-corrected chi connectivity index (χ1v) is 3.77. The molecule has 0 unspecified atom stereocenters. The number of H-pyrrole nitrogens is 2. The first kappa shape index (κ1) is 6.09. The van der Waals surface area contributed by atoms with Gasteiger partial charge < -0.3 is 0 Å². The quantitative estimate of drug-likeness (QED) is 0.604. The van der Waals surface area contributed by atoms with Gasteiger partial charge in [0.05, 0.1) is 0 Å². The third-order valence-electron chi connectivity index (χ3n) is 2.07. The van der Waals surface area contributed by atoms with E-state index in [0.29, 0.717) is 10.2 Å². The Hall–Kier alpha value is -0.640. The molecule has 3 nitrogen and oxygen atoms in total. The van der Waals surface area contributed by atoms with Gasteiger partial charge in [0.2, 0.25) is 4.77 Å². The van der Waals surface area contributed by atoms with Gasteiger partial charge in [0.25, 0.3) is 0 Å². The summed E-state index contributed by atoms with van der Waals surface area (Å²) in [6, 6.07) is 0. The van der Waals surface area contributed by atoms with E-state index in [-0.39, 0.29) is 0 Å². The number of hydrogen-bond acceptors (Lipinski definition) is 2. The van der Waals surface area contributed by atoms with Crippen molar-refractivity contribution in [2.45, 2.75) is 25.2 Å². The summed E-state index contributed by atoms with van der Waals surface area (Å²) in [7, 11) is 0. The number of aromatic amines is 2. The lowest BCUT2D eigenvalue weighted by Gasteiger charge is -1.99. The zero-order valence-corrected chi connectivity index (χ0v) is 6.59. The second-order valence-electron chi connectivity index (χ2n) is 3.08. The van der Waals surface area contributed by atoms with E-state index in [9.17, 15) is 0 Å². The molecule has 2 rings (SSSR count). The van der Waals surface area contributed by atoms with E-state index in [1.54, 1.807) is 0 Å². The van der Waals surface area contributed by atoms with Crippen LogP contribution >= 0.6 is 12.2 Å². The van der Waals surface area contributed by atoms with E-state index in [0.717, 1.165) is 5.82 Å². The van der Waals surface area contributed by atoms with E-state index in [1.165, 1.54) is 12.8 Å². The number of nitrogens with zero attached hydrogens (tertiary/aromatic N) is 1. The molecule has 2 N–H and O–H groups in total. The molecule has 1 aromatic heterocycles. The van der Waals surface area contributed by atoms with Gasteiger partial charge in [-0.2, -0.15) is 0 Å². The molecular formula is C6H9N3S. The maximum atomic E-state index is 4.83. The predicted molar refractivity (Wildman–Crippen MR) is 40.4 cm³/mol. The van der Waals surface area contributed by atoms with Crippen molar-refractivity contribution in [3.63, 3.8) is 0 Å². The van der Waals surface area contributed by atoms with Crippen molar-refractivity contribution in [2.75, 3.05) is 0 Å². The van der Waals surface area contributed by atoms with Crippen molar-refractivity contribution in [1.82, 2.24) is 15.2 Å². The van der Waals surface area contributed by atoms with E-state index in [4.69, 9.17) is 12.2 Å². The second kappa shape index (κ2) is 1.69. The van der Waals surface area contributed by atoms with Crippen molar-refractivity contribution >= 4 is 12.2 Å². The summed E-state index contributed by atoms with van der Waals surface area (Å²) in [4.78, 5) is 4.15. The standard InChI is InChI=1S/C6H9N3S/c1-6(2-3-6)4-7-5(10)9-8-4/h2-3H2,1H3,(H2,7,8,9,10). The Labute approximate surface area is 63.9 Å². The molecule has 54 valence electrons. The molecule has 10 heavy (non-hydrogen) atoms. The highest BCUT2D eigenvalue weighted by molar-refractivity contribution is 7.71. The molecular weight excluding hydrogens is 146 g/mol. The Balaban J connectivity index is 2.43. The molecule has 1 aliphatic rings. The minimum Gasteiger partial charge on any atom is -0.285 e. The van der Waals surface area contributed by atoms with Gasteiger partial charge in [0, 0.05) is 5.41 Å². The van der Waals surface area contributed by atoms with Crippen molar-refractivity contribution in [1.29, 1.82) is 0 Å². The lowest BCUT2D eigenvalue weighted by atomic mass is 10.1. The van der Waals surface area contributed by atoms with Gasteiger partial charge in [-0.05, 0) is 25.1 Å². The molecule has 1 aliphatic carbocycles. The van der Waals surface area contributed by atoms with E-state index in [1.807, 2.05) is 0 Å². The maximum Gasteiger partial charge on any atom is 0.213 e. The Morgan fingerprint density at radius 1 is 1.50 bits per heavy atom. The highest BCUT2D eigenvalue weighted by atomic mass is 32.1. The monoisotopic (exact) mass is 155 g/mol. The van der Waals surface area contributed by atoms with Gasteiger partial charge >= 0.3 is 0 Å². The van der Waals surface area contributed by atoms with Crippen LogP contribution in [0.2, 0.25) is 0 Å². The topological polar surface area (TPSA) is 44.5 Å². The minimum atomic E-state index is 0.299. The fourth-order valence-corrected chi connectivity index (χ4v) is 1.12. The zero-order valence-electron chi connectivity index (χ0n) is 5.77. The molecule has 1 saturated carbocycles. The largest absolute Gasteiger partial charge is 0.285 e. The number of aromatic nitrogens is 3. The lowest BCUT2D eigenvalue weighted by molar-refractivity contribution is 0.714. The normalized spacial score (nSPS) is 20.9. The number of nitrogens with one attached hydrogen (secondary N) is 2. The summed E-state index contributed by atoms with van der Waals surface area (Å²) < 4.78 is 0.558. The van der Waals surface area contributed by atoms with Gasteiger partial charge in [0.15, 0.2) is 0 Å².